The molecule has 3 heterocycles. The smallest absolute Gasteiger partial charge is 0.141 e. The third kappa shape index (κ3) is 2.49. The molecule has 0 unspecified atom stereocenters. The molecule has 0 fully saturated rings. The number of hydrogen-bond acceptors (Lipinski definition) is 7. The maximum Gasteiger partial charge on any atom is 0.141 e. The second kappa shape index (κ2) is 6.35. The van der Waals surface area contributed by atoms with Crippen LogP contribution in [0.25, 0.3) is 10.2 Å². The molecule has 0 saturated carbocycles. The highest BCUT2D eigenvalue weighted by Crippen LogP contribution is 2.44. The molecule has 1 aliphatic carbocycles. The number of thiophene rings is 1. The monoisotopic (exact) mass is 383 g/mol. The summed E-state index contributed by atoms with van der Waals surface area (Å²) in [5.74, 6) is 2.37. The van der Waals surface area contributed by atoms with Gasteiger partial charge in [-0.25, -0.2) is 9.97 Å². The van der Waals surface area contributed by atoms with Gasteiger partial charge in [0.15, 0.2) is 0 Å². The normalized spacial score (nSPS) is 18.5. The van der Waals surface area contributed by atoms with Gasteiger partial charge in [-0.2, -0.15) is 0 Å². The van der Waals surface area contributed by atoms with E-state index in [0.717, 1.165) is 45.8 Å². The standard InChI is InChI=1S/C20H21N3O3S/c1-25-14-6-7-15(26-2)17-12(14)8-23(9-13(17)24)19-18-11-4-3-5-16(11)27-20(18)22-10-21-19/h6-7,10,13,24H,3-5,8-9H2,1-2H3/t13-/m0/s1. The van der Waals surface area contributed by atoms with Crippen molar-refractivity contribution in [1.29, 1.82) is 0 Å². The van der Waals surface area contributed by atoms with Gasteiger partial charge >= 0.3 is 0 Å². The molecule has 0 amide bonds. The first-order valence-corrected chi connectivity index (χ1v) is 9.95. The minimum absolute atomic E-state index is 0.466. The first kappa shape index (κ1) is 16.8. The van der Waals surface area contributed by atoms with Gasteiger partial charge in [0.1, 0.15) is 34.6 Å². The molecule has 7 heteroatoms. The van der Waals surface area contributed by atoms with E-state index in [-0.39, 0.29) is 0 Å². The van der Waals surface area contributed by atoms with E-state index in [1.807, 2.05) is 12.1 Å². The van der Waals surface area contributed by atoms with Gasteiger partial charge < -0.3 is 19.5 Å². The van der Waals surface area contributed by atoms with Crippen LogP contribution >= 0.6 is 11.3 Å². The summed E-state index contributed by atoms with van der Waals surface area (Å²) < 4.78 is 11.1. The molecule has 0 radical (unpaired) electrons. The molecule has 1 aliphatic heterocycles. The number of aryl methyl sites for hydroxylation is 2. The summed E-state index contributed by atoms with van der Waals surface area (Å²) in [6.45, 7) is 1.08. The third-order valence-electron chi connectivity index (χ3n) is 5.57. The van der Waals surface area contributed by atoms with Crippen molar-refractivity contribution in [3.63, 3.8) is 0 Å². The molecule has 0 saturated heterocycles. The fourth-order valence-electron chi connectivity index (χ4n) is 4.39. The van der Waals surface area contributed by atoms with Gasteiger partial charge in [0.05, 0.1) is 26.2 Å². The lowest BCUT2D eigenvalue weighted by Crippen LogP contribution is -2.35. The van der Waals surface area contributed by atoms with Crippen LogP contribution in [0.4, 0.5) is 5.82 Å². The summed E-state index contributed by atoms with van der Waals surface area (Å²) in [6.07, 6.45) is 4.37. The summed E-state index contributed by atoms with van der Waals surface area (Å²) in [4.78, 5) is 13.7. The Bertz CT molecular complexity index is 1030. The van der Waals surface area contributed by atoms with Crippen molar-refractivity contribution in [3.8, 4) is 11.5 Å². The zero-order valence-corrected chi connectivity index (χ0v) is 16.2. The summed E-state index contributed by atoms with van der Waals surface area (Å²) in [7, 11) is 3.28. The molecule has 0 spiro atoms. The van der Waals surface area contributed by atoms with Gasteiger partial charge in [0.25, 0.3) is 0 Å². The molecule has 1 atom stereocenters. The number of fused-ring (bicyclic) bond motifs is 4. The number of aromatic nitrogens is 2. The maximum absolute atomic E-state index is 10.9. The van der Waals surface area contributed by atoms with Crippen molar-refractivity contribution < 1.29 is 14.6 Å². The molecule has 27 heavy (non-hydrogen) atoms. The van der Waals surface area contributed by atoms with Gasteiger partial charge in [-0.1, -0.05) is 0 Å². The van der Waals surface area contributed by atoms with Crippen LogP contribution in [0, 0.1) is 0 Å². The third-order valence-corrected chi connectivity index (χ3v) is 6.77. The highest BCUT2D eigenvalue weighted by atomic mass is 32.1. The van der Waals surface area contributed by atoms with E-state index in [2.05, 4.69) is 14.9 Å². The molecule has 3 aromatic rings. The van der Waals surface area contributed by atoms with E-state index in [1.165, 1.54) is 16.9 Å². The number of anilines is 1. The molecule has 2 aromatic heterocycles. The minimum Gasteiger partial charge on any atom is -0.496 e. The molecular weight excluding hydrogens is 362 g/mol. The van der Waals surface area contributed by atoms with E-state index in [4.69, 9.17) is 9.47 Å². The molecule has 1 N–H and O–H groups in total. The molecule has 1 aromatic carbocycles. The van der Waals surface area contributed by atoms with Crippen LogP contribution in [0.15, 0.2) is 18.5 Å². The van der Waals surface area contributed by atoms with Crippen molar-refractivity contribution in [1.82, 2.24) is 9.97 Å². The van der Waals surface area contributed by atoms with Crippen molar-refractivity contribution in [3.05, 3.63) is 40.0 Å². The molecule has 0 bridgehead atoms. The van der Waals surface area contributed by atoms with Crippen LogP contribution in [0.3, 0.4) is 0 Å². The number of nitrogens with zero attached hydrogens (tertiary/aromatic N) is 3. The summed E-state index contributed by atoms with van der Waals surface area (Å²) >= 11 is 1.78. The highest BCUT2D eigenvalue weighted by molar-refractivity contribution is 7.19. The Morgan fingerprint density at radius 1 is 1.11 bits per heavy atom. The van der Waals surface area contributed by atoms with Crippen LogP contribution in [0.1, 0.15) is 34.1 Å². The number of rotatable bonds is 3. The SMILES string of the molecule is COc1ccc(OC)c2c1CN(c1ncnc3sc4c(c13)CCC4)C[C@@H]2O. The molecule has 5 rings (SSSR count). The fourth-order valence-corrected chi connectivity index (χ4v) is 5.61. The Labute approximate surface area is 161 Å². The summed E-state index contributed by atoms with van der Waals surface area (Å²) in [5, 5.41) is 12.1. The molecule has 140 valence electrons. The zero-order chi connectivity index (χ0) is 18.5. The van der Waals surface area contributed by atoms with Gasteiger partial charge in [0.2, 0.25) is 0 Å². The van der Waals surface area contributed by atoms with Crippen molar-refractivity contribution in [2.45, 2.75) is 31.9 Å². The Morgan fingerprint density at radius 3 is 2.74 bits per heavy atom. The number of ether oxygens (including phenoxy) is 2. The Kier molecular flexibility index (Phi) is 3.94. The topological polar surface area (TPSA) is 67.7 Å². The van der Waals surface area contributed by atoms with Gasteiger partial charge in [-0.15, -0.1) is 11.3 Å². The average Bonchev–Trinajstić information content (AvgIpc) is 3.27. The van der Waals surface area contributed by atoms with Crippen LogP contribution in [0.5, 0.6) is 11.5 Å². The van der Waals surface area contributed by atoms with Gasteiger partial charge in [0, 0.05) is 22.5 Å². The second-order valence-corrected chi connectivity index (χ2v) is 8.08. The Hall–Kier alpha value is -2.38. The van der Waals surface area contributed by atoms with Crippen LogP contribution < -0.4 is 14.4 Å². The van der Waals surface area contributed by atoms with Crippen LogP contribution in [-0.4, -0.2) is 35.8 Å². The van der Waals surface area contributed by atoms with Crippen molar-refractivity contribution in [2.75, 3.05) is 25.7 Å². The van der Waals surface area contributed by atoms with Gasteiger partial charge in [-0.05, 0) is 37.0 Å². The first-order chi connectivity index (χ1) is 13.2. The number of β-amino-alcohol motifs (C(OH)–C–C–N with tert-alkyl or cyclic N) is 1. The zero-order valence-electron chi connectivity index (χ0n) is 15.4. The van der Waals surface area contributed by atoms with Gasteiger partial charge in [-0.3, -0.25) is 0 Å². The number of benzene rings is 1. The number of hydrogen-bond donors (Lipinski definition) is 1. The lowest BCUT2D eigenvalue weighted by molar-refractivity contribution is 0.169. The summed E-state index contributed by atoms with van der Waals surface area (Å²) in [5.41, 5.74) is 3.16. The predicted molar refractivity (Wildman–Crippen MR) is 105 cm³/mol. The van der Waals surface area contributed by atoms with Crippen LogP contribution in [-0.2, 0) is 19.4 Å². The quantitative estimate of drug-likeness (QED) is 0.749. The molecule has 2 aliphatic rings. The van der Waals surface area contributed by atoms with E-state index >= 15 is 0 Å². The van der Waals surface area contributed by atoms with E-state index in [1.54, 1.807) is 31.9 Å². The minimum atomic E-state index is -0.671. The first-order valence-electron chi connectivity index (χ1n) is 9.13. The van der Waals surface area contributed by atoms with E-state index in [9.17, 15) is 5.11 Å². The molecular formula is C20H21N3O3S. The maximum atomic E-state index is 10.9. The fraction of sp³-hybridized carbons (Fsp3) is 0.400. The number of aliphatic hydroxyl groups is 1. The number of methoxy groups -OCH3 is 2. The number of aliphatic hydroxyl groups excluding tert-OH is 1. The predicted octanol–water partition coefficient (Wildman–Crippen LogP) is 3.25. The largest absolute Gasteiger partial charge is 0.496 e. The average molecular weight is 383 g/mol. The molecule has 6 nitrogen and oxygen atoms in total. The van der Waals surface area contributed by atoms with E-state index in [0.29, 0.717) is 18.8 Å². The summed E-state index contributed by atoms with van der Waals surface area (Å²) in [6, 6.07) is 3.75. The lowest BCUT2D eigenvalue weighted by Gasteiger charge is -2.35. The Balaban J connectivity index is 1.65. The highest BCUT2D eigenvalue weighted by Gasteiger charge is 2.32. The second-order valence-electron chi connectivity index (χ2n) is 6.99. The van der Waals surface area contributed by atoms with Crippen LogP contribution in [0.2, 0.25) is 0 Å². The van der Waals surface area contributed by atoms with E-state index < -0.39 is 6.10 Å². The lowest BCUT2D eigenvalue weighted by atomic mass is 9.95. The van der Waals surface area contributed by atoms with Crippen molar-refractivity contribution in [2.24, 2.45) is 0 Å². The van der Waals surface area contributed by atoms with Crippen molar-refractivity contribution >= 4 is 27.4 Å². The Morgan fingerprint density at radius 2 is 1.93 bits per heavy atom.